The Hall–Kier alpha value is -1.81. The predicted octanol–water partition coefficient (Wildman–Crippen LogP) is 1.70. The van der Waals surface area contributed by atoms with Crippen LogP contribution in [0.25, 0.3) is 0 Å². The number of nitrogens with zero attached hydrogens (tertiary/aromatic N) is 2. The molecule has 1 unspecified atom stereocenters. The topological polar surface area (TPSA) is 60.9 Å². The number of carbonyl (C=O) groups is 1. The minimum Gasteiger partial charge on any atom is -0.368 e. The number of hydrogen-bond acceptors (Lipinski definition) is 2. The summed E-state index contributed by atoms with van der Waals surface area (Å²) in [6, 6.07) is 9.90. The Balaban J connectivity index is 2.11. The van der Waals surface area contributed by atoms with Gasteiger partial charge in [-0.1, -0.05) is 30.3 Å². The third-order valence-corrected chi connectivity index (χ3v) is 2.85. The van der Waals surface area contributed by atoms with Crippen molar-refractivity contribution in [2.24, 2.45) is 5.73 Å². The van der Waals surface area contributed by atoms with E-state index in [2.05, 4.69) is 5.10 Å². The van der Waals surface area contributed by atoms with Gasteiger partial charge >= 0.3 is 0 Å². The van der Waals surface area contributed by atoms with Crippen LogP contribution < -0.4 is 5.73 Å². The second-order valence-electron chi connectivity index (χ2n) is 3.72. The maximum atomic E-state index is 10.9. The highest BCUT2D eigenvalue weighted by atomic mass is 35.5. The Morgan fingerprint density at radius 2 is 2.12 bits per heavy atom. The zero-order chi connectivity index (χ0) is 12.3. The Morgan fingerprint density at radius 1 is 1.41 bits per heavy atom. The zero-order valence-electron chi connectivity index (χ0n) is 9.08. The van der Waals surface area contributed by atoms with Crippen molar-refractivity contribution in [1.82, 2.24) is 9.78 Å². The molecule has 0 saturated carbocycles. The molecule has 2 aromatic rings. The molecule has 0 aliphatic carbocycles. The number of rotatable bonds is 4. The first kappa shape index (κ1) is 11.7. The summed E-state index contributed by atoms with van der Waals surface area (Å²) in [5.74, 6) is -0.564. The molecule has 1 atom stereocenters. The Bertz CT molecular complexity index is 509. The zero-order valence-corrected chi connectivity index (χ0v) is 9.84. The van der Waals surface area contributed by atoms with Crippen LogP contribution in [0.4, 0.5) is 0 Å². The second kappa shape index (κ2) is 5.01. The lowest BCUT2D eigenvalue weighted by Gasteiger charge is -2.02. The van der Waals surface area contributed by atoms with E-state index in [0.29, 0.717) is 12.1 Å². The predicted molar refractivity (Wildman–Crippen MR) is 65.6 cm³/mol. The van der Waals surface area contributed by atoms with Crippen LogP contribution in [-0.4, -0.2) is 15.7 Å². The maximum Gasteiger partial charge on any atom is 0.240 e. The van der Waals surface area contributed by atoms with Gasteiger partial charge in [-0.25, -0.2) is 0 Å². The van der Waals surface area contributed by atoms with Crippen molar-refractivity contribution in [3.8, 4) is 0 Å². The molecule has 0 bridgehead atoms. The third kappa shape index (κ3) is 2.85. The van der Waals surface area contributed by atoms with Crippen molar-refractivity contribution < 1.29 is 4.79 Å². The van der Waals surface area contributed by atoms with Gasteiger partial charge < -0.3 is 5.73 Å². The minimum atomic E-state index is -0.820. The van der Waals surface area contributed by atoms with Gasteiger partial charge in [0, 0.05) is 11.8 Å². The molecular formula is C12H12ClN3O. The molecular weight excluding hydrogens is 238 g/mol. The van der Waals surface area contributed by atoms with Crippen LogP contribution in [0.15, 0.2) is 42.7 Å². The molecule has 0 spiro atoms. The molecule has 88 valence electrons. The van der Waals surface area contributed by atoms with Gasteiger partial charge in [-0.2, -0.15) is 5.10 Å². The lowest BCUT2D eigenvalue weighted by Crippen LogP contribution is -2.16. The van der Waals surface area contributed by atoms with Crippen molar-refractivity contribution in [1.29, 1.82) is 0 Å². The molecule has 0 aliphatic heterocycles. The lowest BCUT2D eigenvalue weighted by molar-refractivity contribution is -0.117. The van der Waals surface area contributed by atoms with E-state index in [1.807, 2.05) is 30.3 Å². The normalized spacial score (nSPS) is 12.3. The van der Waals surface area contributed by atoms with E-state index in [0.717, 1.165) is 5.56 Å². The molecule has 0 fully saturated rings. The Labute approximate surface area is 104 Å². The first-order valence-corrected chi connectivity index (χ1v) is 5.60. The van der Waals surface area contributed by atoms with Gasteiger partial charge in [0.05, 0.1) is 12.7 Å². The minimum absolute atomic E-state index is 0.564. The monoisotopic (exact) mass is 249 g/mol. The van der Waals surface area contributed by atoms with Gasteiger partial charge in [0.15, 0.2) is 0 Å². The van der Waals surface area contributed by atoms with Gasteiger partial charge in [0.2, 0.25) is 5.91 Å². The summed E-state index contributed by atoms with van der Waals surface area (Å²) in [6.45, 7) is 0.642. The van der Waals surface area contributed by atoms with Gasteiger partial charge in [-0.05, 0) is 5.56 Å². The highest BCUT2D eigenvalue weighted by Gasteiger charge is 2.15. The molecule has 0 saturated heterocycles. The summed E-state index contributed by atoms with van der Waals surface area (Å²) >= 11 is 5.83. The Kier molecular flexibility index (Phi) is 3.44. The summed E-state index contributed by atoms with van der Waals surface area (Å²) in [6.07, 6.45) is 3.29. The SMILES string of the molecule is NC(=O)C(Cl)c1cnn(Cc2ccccc2)c1. The largest absolute Gasteiger partial charge is 0.368 e. The van der Waals surface area contributed by atoms with Gasteiger partial charge in [-0.3, -0.25) is 9.48 Å². The molecule has 2 N–H and O–H groups in total. The molecule has 17 heavy (non-hydrogen) atoms. The van der Waals surface area contributed by atoms with Crippen molar-refractivity contribution in [2.75, 3.05) is 0 Å². The lowest BCUT2D eigenvalue weighted by atomic mass is 10.2. The quantitative estimate of drug-likeness (QED) is 0.839. The first-order valence-electron chi connectivity index (χ1n) is 5.16. The fourth-order valence-corrected chi connectivity index (χ4v) is 1.64. The number of halogens is 1. The molecule has 4 nitrogen and oxygen atoms in total. The highest BCUT2D eigenvalue weighted by Crippen LogP contribution is 2.19. The van der Waals surface area contributed by atoms with Gasteiger partial charge in [0.1, 0.15) is 5.38 Å². The molecule has 0 aliphatic rings. The number of hydrogen-bond donors (Lipinski definition) is 1. The van der Waals surface area contributed by atoms with E-state index >= 15 is 0 Å². The molecule has 1 amide bonds. The maximum absolute atomic E-state index is 10.9. The van der Waals surface area contributed by atoms with Crippen molar-refractivity contribution in [3.05, 3.63) is 53.9 Å². The Morgan fingerprint density at radius 3 is 2.76 bits per heavy atom. The smallest absolute Gasteiger partial charge is 0.240 e. The molecule has 0 radical (unpaired) electrons. The van der Waals surface area contributed by atoms with Crippen molar-refractivity contribution in [3.63, 3.8) is 0 Å². The number of nitrogens with two attached hydrogens (primary N) is 1. The number of amides is 1. The van der Waals surface area contributed by atoms with Crippen molar-refractivity contribution in [2.45, 2.75) is 11.9 Å². The second-order valence-corrected chi connectivity index (χ2v) is 4.16. The van der Waals surface area contributed by atoms with Gasteiger partial charge in [0.25, 0.3) is 0 Å². The van der Waals surface area contributed by atoms with Gasteiger partial charge in [-0.15, -0.1) is 11.6 Å². The summed E-state index contributed by atoms with van der Waals surface area (Å²) in [5.41, 5.74) is 6.87. The summed E-state index contributed by atoms with van der Waals surface area (Å²) in [5, 5.41) is 3.32. The summed E-state index contributed by atoms with van der Waals surface area (Å²) in [4.78, 5) is 10.9. The molecule has 2 rings (SSSR count). The van der Waals surface area contributed by atoms with Crippen LogP contribution in [0.1, 0.15) is 16.5 Å². The van der Waals surface area contributed by atoms with E-state index < -0.39 is 11.3 Å². The van der Waals surface area contributed by atoms with Crippen LogP contribution in [-0.2, 0) is 11.3 Å². The number of primary amides is 1. The molecule has 5 heteroatoms. The van der Waals surface area contributed by atoms with Crippen molar-refractivity contribution >= 4 is 17.5 Å². The van der Waals surface area contributed by atoms with E-state index in [-0.39, 0.29) is 0 Å². The van der Waals surface area contributed by atoms with E-state index in [4.69, 9.17) is 17.3 Å². The first-order chi connectivity index (χ1) is 8.16. The highest BCUT2D eigenvalue weighted by molar-refractivity contribution is 6.30. The van der Waals surface area contributed by atoms with Crippen LogP contribution in [0.5, 0.6) is 0 Å². The summed E-state index contributed by atoms with van der Waals surface area (Å²) in [7, 11) is 0. The van der Waals surface area contributed by atoms with Crippen LogP contribution in [0.2, 0.25) is 0 Å². The summed E-state index contributed by atoms with van der Waals surface area (Å²) < 4.78 is 1.73. The average Bonchev–Trinajstić information content (AvgIpc) is 2.77. The third-order valence-electron chi connectivity index (χ3n) is 2.38. The molecule has 1 heterocycles. The number of aromatic nitrogens is 2. The molecule has 1 aromatic carbocycles. The number of benzene rings is 1. The standard InChI is InChI=1S/C12H12ClN3O/c13-11(12(14)17)10-6-15-16(8-10)7-9-4-2-1-3-5-9/h1-6,8,11H,7H2,(H2,14,17). The van der Waals surface area contributed by atoms with Crippen LogP contribution >= 0.6 is 11.6 Å². The number of carbonyl (C=O) groups excluding carboxylic acids is 1. The fourth-order valence-electron chi connectivity index (χ4n) is 1.53. The van der Waals surface area contributed by atoms with Crippen LogP contribution in [0.3, 0.4) is 0 Å². The molecule has 1 aromatic heterocycles. The number of alkyl halides is 1. The van der Waals surface area contributed by atoms with E-state index in [1.165, 1.54) is 0 Å². The van der Waals surface area contributed by atoms with Crippen LogP contribution in [0, 0.1) is 0 Å². The van der Waals surface area contributed by atoms with E-state index in [9.17, 15) is 4.79 Å². The fraction of sp³-hybridized carbons (Fsp3) is 0.167. The van der Waals surface area contributed by atoms with E-state index in [1.54, 1.807) is 17.1 Å². The average molecular weight is 250 g/mol.